The summed E-state index contributed by atoms with van der Waals surface area (Å²) in [5, 5.41) is 2.56. The summed E-state index contributed by atoms with van der Waals surface area (Å²) >= 11 is 1.42. The lowest BCUT2D eigenvalue weighted by Gasteiger charge is -2.27. The number of carbonyl (C=O) groups excluding carboxylic acids is 1. The lowest BCUT2D eigenvalue weighted by molar-refractivity contribution is 0.0987. The van der Waals surface area contributed by atoms with Gasteiger partial charge in [-0.2, -0.15) is 0 Å². The van der Waals surface area contributed by atoms with E-state index in [4.69, 9.17) is 9.05 Å². The highest BCUT2D eigenvalue weighted by atomic mass is 32.1. The fourth-order valence-corrected chi connectivity index (χ4v) is 5.29. The van der Waals surface area contributed by atoms with E-state index in [1.165, 1.54) is 11.3 Å². The van der Waals surface area contributed by atoms with Crippen LogP contribution in [-0.4, -0.2) is 30.4 Å². The third-order valence-electron chi connectivity index (χ3n) is 3.06. The predicted molar refractivity (Wildman–Crippen MR) is 80.8 cm³/mol. The van der Waals surface area contributed by atoms with Gasteiger partial charge in [-0.05, 0) is 38.6 Å². The van der Waals surface area contributed by atoms with Crippen molar-refractivity contribution >= 4 is 35.4 Å². The van der Waals surface area contributed by atoms with Crippen molar-refractivity contribution in [3.05, 3.63) is 16.5 Å². The van der Waals surface area contributed by atoms with Crippen molar-refractivity contribution < 1.29 is 18.4 Å². The second-order valence-electron chi connectivity index (χ2n) is 4.49. The van der Waals surface area contributed by atoms with Crippen molar-refractivity contribution in [2.45, 2.75) is 33.4 Å². The summed E-state index contributed by atoms with van der Waals surface area (Å²) in [7, 11) is -3.53. The minimum atomic E-state index is -3.53. The van der Waals surface area contributed by atoms with Crippen LogP contribution in [0.25, 0.3) is 0 Å². The number of thiophene rings is 1. The van der Waals surface area contributed by atoms with Gasteiger partial charge in [0.1, 0.15) is 5.00 Å². The molecule has 0 N–H and O–H groups in total. The lowest BCUT2D eigenvalue weighted by atomic mass is 10.0. The van der Waals surface area contributed by atoms with Crippen molar-refractivity contribution in [1.29, 1.82) is 0 Å². The standard InChI is InChI=1S/C13H18NO4PS/c1-5-17-19(16,18-6-2)12-9(4)14-13-10(11(12)15)8(3)7-20-13/h7,12H,5-6H2,1-4H3. The first-order valence-corrected chi connectivity index (χ1v) is 9.00. The number of nitrogens with zero attached hydrogens (tertiary/aromatic N) is 1. The van der Waals surface area contributed by atoms with Crippen LogP contribution in [0.4, 0.5) is 5.00 Å². The third kappa shape index (κ3) is 2.53. The van der Waals surface area contributed by atoms with Crippen molar-refractivity contribution in [2.24, 2.45) is 4.99 Å². The summed E-state index contributed by atoms with van der Waals surface area (Å²) in [6, 6.07) is 0. The summed E-state index contributed by atoms with van der Waals surface area (Å²) in [6.07, 6.45) is 0. The molecule has 0 saturated heterocycles. The minimum Gasteiger partial charge on any atom is -0.308 e. The maximum atomic E-state index is 12.9. The molecule has 2 heterocycles. The quantitative estimate of drug-likeness (QED) is 0.771. The average Bonchev–Trinajstić information content (AvgIpc) is 2.71. The lowest BCUT2D eigenvalue weighted by Crippen LogP contribution is -2.33. The van der Waals surface area contributed by atoms with Gasteiger partial charge < -0.3 is 9.05 Å². The molecule has 0 aromatic carbocycles. The number of aryl methyl sites for hydroxylation is 1. The maximum Gasteiger partial charge on any atom is 0.347 e. The van der Waals surface area contributed by atoms with E-state index in [1.807, 2.05) is 12.3 Å². The number of hydrogen-bond acceptors (Lipinski definition) is 6. The van der Waals surface area contributed by atoms with Gasteiger partial charge in [0.15, 0.2) is 11.4 Å². The van der Waals surface area contributed by atoms with E-state index in [-0.39, 0.29) is 19.0 Å². The van der Waals surface area contributed by atoms with Gasteiger partial charge in [0.2, 0.25) is 0 Å². The van der Waals surface area contributed by atoms with E-state index in [0.717, 1.165) is 5.56 Å². The molecule has 0 saturated carbocycles. The van der Waals surface area contributed by atoms with Crippen LogP contribution >= 0.6 is 18.9 Å². The summed E-state index contributed by atoms with van der Waals surface area (Å²) in [5.74, 6) is -0.212. The van der Waals surface area contributed by atoms with E-state index in [9.17, 15) is 9.36 Å². The van der Waals surface area contributed by atoms with Crippen molar-refractivity contribution in [3.63, 3.8) is 0 Å². The number of aliphatic imine (C=N–C) groups is 1. The zero-order chi connectivity index (χ0) is 14.9. The zero-order valence-corrected chi connectivity index (χ0v) is 13.7. The van der Waals surface area contributed by atoms with Gasteiger partial charge in [0.05, 0.1) is 18.8 Å². The summed E-state index contributed by atoms with van der Waals surface area (Å²) in [6.45, 7) is 7.46. The second-order valence-corrected chi connectivity index (χ2v) is 7.46. The monoisotopic (exact) mass is 315 g/mol. The van der Waals surface area contributed by atoms with E-state index in [2.05, 4.69) is 4.99 Å². The van der Waals surface area contributed by atoms with E-state index in [1.54, 1.807) is 20.8 Å². The van der Waals surface area contributed by atoms with Crippen LogP contribution in [0.3, 0.4) is 0 Å². The molecular formula is C13H18NO4PS. The van der Waals surface area contributed by atoms with E-state index < -0.39 is 13.3 Å². The molecule has 1 atom stereocenters. The Balaban J connectivity index is 2.50. The van der Waals surface area contributed by atoms with Gasteiger partial charge >= 0.3 is 7.60 Å². The van der Waals surface area contributed by atoms with Gasteiger partial charge in [0.25, 0.3) is 0 Å². The van der Waals surface area contributed by atoms with Crippen LogP contribution in [0.5, 0.6) is 0 Å². The Morgan fingerprint density at radius 1 is 1.30 bits per heavy atom. The molecule has 1 aromatic rings. The molecule has 0 spiro atoms. The number of fused-ring (bicyclic) bond motifs is 1. The predicted octanol–water partition coefficient (Wildman–Crippen LogP) is 3.98. The molecule has 1 aliphatic rings. The molecule has 1 unspecified atom stereocenters. The Morgan fingerprint density at radius 2 is 1.90 bits per heavy atom. The Morgan fingerprint density at radius 3 is 2.45 bits per heavy atom. The molecule has 5 nitrogen and oxygen atoms in total. The van der Waals surface area contributed by atoms with Gasteiger partial charge in [-0.3, -0.25) is 9.36 Å². The third-order valence-corrected chi connectivity index (χ3v) is 6.53. The molecule has 1 aromatic heterocycles. The second kappa shape index (κ2) is 5.90. The molecule has 2 rings (SSSR count). The Labute approximate surface area is 122 Å². The topological polar surface area (TPSA) is 65.0 Å². The molecule has 0 amide bonds. The van der Waals surface area contributed by atoms with Crippen LogP contribution in [-0.2, 0) is 13.6 Å². The summed E-state index contributed by atoms with van der Waals surface area (Å²) in [5.41, 5.74) is 0.971. The molecular weight excluding hydrogens is 297 g/mol. The number of ketones is 1. The molecule has 110 valence electrons. The molecule has 0 aliphatic carbocycles. The Bertz CT molecular complexity index is 598. The Kier molecular flexibility index (Phi) is 4.59. The number of rotatable bonds is 5. The first-order valence-electron chi connectivity index (χ1n) is 6.50. The van der Waals surface area contributed by atoms with Crippen LogP contribution in [0.1, 0.15) is 36.7 Å². The zero-order valence-electron chi connectivity index (χ0n) is 12.0. The maximum absolute atomic E-state index is 12.9. The van der Waals surface area contributed by atoms with Crippen molar-refractivity contribution in [1.82, 2.24) is 0 Å². The van der Waals surface area contributed by atoms with Crippen LogP contribution in [0, 0.1) is 6.92 Å². The van der Waals surface area contributed by atoms with E-state index in [0.29, 0.717) is 16.3 Å². The average molecular weight is 315 g/mol. The number of Topliss-reactive ketones (excluding diaryl/α,β-unsaturated/α-hetero) is 1. The summed E-state index contributed by atoms with van der Waals surface area (Å²) in [4.78, 5) is 17.1. The first-order chi connectivity index (χ1) is 9.44. The van der Waals surface area contributed by atoms with Gasteiger partial charge in [-0.25, -0.2) is 4.99 Å². The molecule has 20 heavy (non-hydrogen) atoms. The van der Waals surface area contributed by atoms with Crippen LogP contribution < -0.4 is 0 Å². The molecule has 7 heteroatoms. The fraction of sp³-hybridized carbons (Fsp3) is 0.538. The largest absolute Gasteiger partial charge is 0.347 e. The van der Waals surface area contributed by atoms with Gasteiger partial charge in [-0.15, -0.1) is 11.3 Å². The van der Waals surface area contributed by atoms with Gasteiger partial charge in [0, 0.05) is 5.71 Å². The highest BCUT2D eigenvalue weighted by molar-refractivity contribution is 7.57. The normalized spacial score (nSPS) is 18.9. The van der Waals surface area contributed by atoms with Gasteiger partial charge in [-0.1, -0.05) is 0 Å². The summed E-state index contributed by atoms with van der Waals surface area (Å²) < 4.78 is 23.5. The minimum absolute atomic E-state index is 0.212. The van der Waals surface area contributed by atoms with Crippen LogP contribution in [0.2, 0.25) is 0 Å². The van der Waals surface area contributed by atoms with Crippen molar-refractivity contribution in [2.75, 3.05) is 13.2 Å². The number of carbonyl (C=O) groups is 1. The highest BCUT2D eigenvalue weighted by Gasteiger charge is 2.46. The highest BCUT2D eigenvalue weighted by Crippen LogP contribution is 2.56. The smallest absolute Gasteiger partial charge is 0.308 e. The first kappa shape index (κ1) is 15.6. The van der Waals surface area contributed by atoms with Crippen LogP contribution in [0.15, 0.2) is 10.4 Å². The van der Waals surface area contributed by atoms with E-state index >= 15 is 0 Å². The molecule has 0 fully saturated rings. The molecule has 1 aliphatic heterocycles. The Hall–Kier alpha value is -0.810. The molecule has 0 bridgehead atoms. The number of hydrogen-bond donors (Lipinski definition) is 0. The fourth-order valence-electron chi connectivity index (χ4n) is 2.28. The SMILES string of the molecule is CCOP(=O)(OCC)C1C(=O)c2c(C)csc2N=C1C. The molecule has 0 radical (unpaired) electrons. The van der Waals surface area contributed by atoms with Crippen molar-refractivity contribution in [3.8, 4) is 0 Å².